The highest BCUT2D eigenvalue weighted by Gasteiger charge is 2.38. The second kappa shape index (κ2) is 5.93. The van der Waals surface area contributed by atoms with E-state index in [1.807, 2.05) is 66.4 Å². The quantitative estimate of drug-likeness (QED) is 0.945. The molecule has 22 heavy (non-hydrogen) atoms. The Kier molecular flexibility index (Phi) is 3.99. The summed E-state index contributed by atoms with van der Waals surface area (Å²) in [6.45, 7) is 3.21. The largest absolute Gasteiger partial charge is 0.385 e. The van der Waals surface area contributed by atoms with Crippen LogP contribution in [0, 0.1) is 6.92 Å². The molecule has 0 saturated carbocycles. The molecule has 3 nitrogen and oxygen atoms in total. The monoisotopic (exact) mass is 295 g/mol. The fourth-order valence-electron chi connectivity index (χ4n) is 2.98. The Balaban J connectivity index is 1.71. The van der Waals surface area contributed by atoms with Gasteiger partial charge in [-0.15, -0.1) is 0 Å². The highest BCUT2D eigenvalue weighted by Crippen LogP contribution is 2.34. The summed E-state index contributed by atoms with van der Waals surface area (Å²) < 4.78 is 0. The average molecular weight is 295 g/mol. The SMILES string of the molecule is Cc1ccc(C2(O)CCN(Cc3ccccc3)C(=O)C2)cc1. The molecular formula is C19H21NO2. The van der Waals surface area contributed by atoms with E-state index in [4.69, 9.17) is 0 Å². The third-order valence-electron chi connectivity index (χ3n) is 4.40. The molecule has 0 radical (unpaired) electrons. The van der Waals surface area contributed by atoms with Crippen LogP contribution in [0.1, 0.15) is 29.5 Å². The van der Waals surface area contributed by atoms with Crippen LogP contribution in [0.3, 0.4) is 0 Å². The van der Waals surface area contributed by atoms with Crippen molar-refractivity contribution < 1.29 is 9.90 Å². The molecule has 3 heteroatoms. The second-order valence-corrected chi connectivity index (χ2v) is 6.13. The number of rotatable bonds is 3. The van der Waals surface area contributed by atoms with Gasteiger partial charge in [-0.25, -0.2) is 0 Å². The highest BCUT2D eigenvalue weighted by molar-refractivity contribution is 5.78. The van der Waals surface area contributed by atoms with E-state index in [1.165, 1.54) is 0 Å². The number of nitrogens with zero attached hydrogens (tertiary/aromatic N) is 1. The van der Waals surface area contributed by atoms with Crippen LogP contribution >= 0.6 is 0 Å². The predicted molar refractivity (Wildman–Crippen MR) is 86.2 cm³/mol. The Morgan fingerprint density at radius 2 is 1.77 bits per heavy atom. The van der Waals surface area contributed by atoms with Gasteiger partial charge in [0.15, 0.2) is 0 Å². The van der Waals surface area contributed by atoms with E-state index in [0.717, 1.165) is 16.7 Å². The maximum atomic E-state index is 12.4. The van der Waals surface area contributed by atoms with E-state index in [0.29, 0.717) is 19.5 Å². The van der Waals surface area contributed by atoms with E-state index >= 15 is 0 Å². The smallest absolute Gasteiger partial charge is 0.226 e. The minimum atomic E-state index is -1.03. The van der Waals surface area contributed by atoms with Gasteiger partial charge in [0.2, 0.25) is 5.91 Å². The van der Waals surface area contributed by atoms with Crippen LogP contribution < -0.4 is 0 Å². The van der Waals surface area contributed by atoms with Gasteiger partial charge in [-0.05, 0) is 24.5 Å². The molecule has 0 aliphatic carbocycles. The van der Waals surface area contributed by atoms with Crippen LogP contribution in [0.4, 0.5) is 0 Å². The summed E-state index contributed by atoms with van der Waals surface area (Å²) in [6, 6.07) is 17.8. The van der Waals surface area contributed by atoms with Gasteiger partial charge in [0.05, 0.1) is 6.42 Å². The van der Waals surface area contributed by atoms with Crippen molar-refractivity contribution in [2.24, 2.45) is 0 Å². The lowest BCUT2D eigenvalue weighted by atomic mass is 9.83. The first-order valence-corrected chi connectivity index (χ1v) is 7.68. The molecule has 1 amide bonds. The van der Waals surface area contributed by atoms with Crippen molar-refractivity contribution in [2.45, 2.75) is 31.9 Å². The van der Waals surface area contributed by atoms with Gasteiger partial charge in [-0.1, -0.05) is 60.2 Å². The summed E-state index contributed by atoms with van der Waals surface area (Å²) in [5, 5.41) is 10.8. The minimum absolute atomic E-state index is 0.0122. The Bertz CT molecular complexity index is 651. The zero-order valence-electron chi connectivity index (χ0n) is 12.8. The fourth-order valence-corrected chi connectivity index (χ4v) is 2.98. The molecule has 0 bridgehead atoms. The number of hydrogen-bond donors (Lipinski definition) is 1. The Morgan fingerprint density at radius 1 is 1.09 bits per heavy atom. The number of carbonyl (C=O) groups is 1. The molecule has 1 saturated heterocycles. The van der Waals surface area contributed by atoms with E-state index in [9.17, 15) is 9.90 Å². The summed E-state index contributed by atoms with van der Waals surface area (Å²) in [4.78, 5) is 14.3. The van der Waals surface area contributed by atoms with Crippen LogP contribution in [-0.4, -0.2) is 22.5 Å². The molecule has 1 heterocycles. The molecule has 3 rings (SSSR count). The number of amides is 1. The van der Waals surface area contributed by atoms with E-state index in [-0.39, 0.29) is 12.3 Å². The highest BCUT2D eigenvalue weighted by atomic mass is 16.3. The lowest BCUT2D eigenvalue weighted by Crippen LogP contribution is -2.45. The van der Waals surface area contributed by atoms with E-state index in [2.05, 4.69) is 0 Å². The topological polar surface area (TPSA) is 40.5 Å². The average Bonchev–Trinajstić information content (AvgIpc) is 2.52. The van der Waals surface area contributed by atoms with Crippen molar-refractivity contribution >= 4 is 5.91 Å². The summed E-state index contributed by atoms with van der Waals surface area (Å²) >= 11 is 0. The van der Waals surface area contributed by atoms with Crippen molar-refractivity contribution in [3.8, 4) is 0 Å². The van der Waals surface area contributed by atoms with Crippen molar-refractivity contribution in [3.05, 3.63) is 71.3 Å². The van der Waals surface area contributed by atoms with E-state index < -0.39 is 5.60 Å². The number of aryl methyl sites for hydroxylation is 1. The molecule has 1 unspecified atom stereocenters. The van der Waals surface area contributed by atoms with Gasteiger partial charge in [0.25, 0.3) is 0 Å². The van der Waals surface area contributed by atoms with Gasteiger partial charge in [-0.3, -0.25) is 4.79 Å². The number of likely N-dealkylation sites (tertiary alicyclic amines) is 1. The molecule has 1 aliphatic heterocycles. The second-order valence-electron chi connectivity index (χ2n) is 6.13. The first-order chi connectivity index (χ1) is 10.6. The molecule has 114 valence electrons. The number of benzene rings is 2. The van der Waals surface area contributed by atoms with Crippen molar-refractivity contribution in [3.63, 3.8) is 0 Å². The first kappa shape index (κ1) is 14.8. The summed E-state index contributed by atoms with van der Waals surface area (Å²) in [6.07, 6.45) is 0.734. The maximum absolute atomic E-state index is 12.4. The zero-order chi connectivity index (χ0) is 15.6. The van der Waals surface area contributed by atoms with Crippen LogP contribution in [0.25, 0.3) is 0 Å². The number of carbonyl (C=O) groups excluding carboxylic acids is 1. The lowest BCUT2D eigenvalue weighted by Gasteiger charge is -2.38. The van der Waals surface area contributed by atoms with Gasteiger partial charge >= 0.3 is 0 Å². The number of piperidine rings is 1. The summed E-state index contributed by atoms with van der Waals surface area (Å²) in [5.74, 6) is 0.0122. The molecule has 1 N–H and O–H groups in total. The van der Waals surface area contributed by atoms with Crippen molar-refractivity contribution in [1.29, 1.82) is 0 Å². The molecule has 0 spiro atoms. The van der Waals surface area contributed by atoms with Crippen molar-refractivity contribution in [1.82, 2.24) is 4.90 Å². The first-order valence-electron chi connectivity index (χ1n) is 7.68. The Labute approximate surface area is 131 Å². The van der Waals surface area contributed by atoms with Gasteiger partial charge in [0, 0.05) is 13.1 Å². The van der Waals surface area contributed by atoms with Gasteiger partial charge in [-0.2, -0.15) is 0 Å². The molecule has 1 aliphatic rings. The predicted octanol–water partition coefficient (Wildman–Crippen LogP) is 3.01. The fraction of sp³-hybridized carbons (Fsp3) is 0.316. The molecule has 2 aromatic carbocycles. The van der Waals surface area contributed by atoms with Crippen LogP contribution in [0.5, 0.6) is 0 Å². The van der Waals surface area contributed by atoms with Crippen LogP contribution in [-0.2, 0) is 16.9 Å². The molecule has 0 aromatic heterocycles. The third kappa shape index (κ3) is 3.04. The molecule has 1 fully saturated rings. The number of hydrogen-bond acceptors (Lipinski definition) is 2. The molecular weight excluding hydrogens is 274 g/mol. The maximum Gasteiger partial charge on any atom is 0.226 e. The summed E-state index contributed by atoms with van der Waals surface area (Å²) in [5.41, 5.74) is 2.08. The Hall–Kier alpha value is -2.13. The van der Waals surface area contributed by atoms with Crippen molar-refractivity contribution in [2.75, 3.05) is 6.54 Å². The summed E-state index contributed by atoms with van der Waals surface area (Å²) in [7, 11) is 0. The molecule has 1 atom stereocenters. The van der Waals surface area contributed by atoms with Gasteiger partial charge < -0.3 is 10.0 Å². The molecule has 2 aromatic rings. The van der Waals surface area contributed by atoms with Gasteiger partial charge in [0.1, 0.15) is 5.60 Å². The van der Waals surface area contributed by atoms with Crippen LogP contribution in [0.2, 0.25) is 0 Å². The Morgan fingerprint density at radius 3 is 2.41 bits per heavy atom. The standard InChI is InChI=1S/C19H21NO2/c1-15-7-9-17(10-8-15)19(22)11-12-20(18(21)13-19)14-16-5-3-2-4-6-16/h2-10,22H,11-14H2,1H3. The number of aliphatic hydroxyl groups is 1. The normalized spacial score (nSPS) is 21.9. The lowest BCUT2D eigenvalue weighted by molar-refractivity contribution is -0.144. The third-order valence-corrected chi connectivity index (χ3v) is 4.40. The zero-order valence-corrected chi connectivity index (χ0v) is 12.8. The van der Waals surface area contributed by atoms with E-state index in [1.54, 1.807) is 0 Å². The van der Waals surface area contributed by atoms with Crippen LogP contribution in [0.15, 0.2) is 54.6 Å². The minimum Gasteiger partial charge on any atom is -0.385 e.